The smallest absolute Gasteiger partial charge is 0.311 e. The van der Waals surface area contributed by atoms with Crippen molar-refractivity contribution in [2.45, 2.75) is 45.4 Å². The first-order valence-electron chi connectivity index (χ1n) is 5.49. The molecule has 1 rings (SSSR count). The van der Waals surface area contributed by atoms with E-state index in [1.54, 1.807) is 20.8 Å². The van der Waals surface area contributed by atoms with E-state index in [2.05, 4.69) is 0 Å². The topological polar surface area (TPSA) is 85.2 Å². The Morgan fingerprint density at radius 3 is 2.35 bits per heavy atom. The molecule has 0 aromatic carbocycles. The Morgan fingerprint density at radius 1 is 1.29 bits per heavy atom. The van der Waals surface area contributed by atoms with Gasteiger partial charge in [-0.15, -0.1) is 0 Å². The zero-order chi connectivity index (χ0) is 13.2. The van der Waals surface area contributed by atoms with Gasteiger partial charge in [-0.2, -0.15) is 0 Å². The van der Waals surface area contributed by atoms with Crippen LogP contribution >= 0.6 is 0 Å². The van der Waals surface area contributed by atoms with Crippen molar-refractivity contribution in [3.05, 3.63) is 0 Å². The van der Waals surface area contributed by atoms with E-state index in [1.165, 1.54) is 7.11 Å². The van der Waals surface area contributed by atoms with Crippen molar-refractivity contribution in [3.8, 4) is 0 Å². The number of carbonyl (C=O) groups excluding carboxylic acids is 1. The van der Waals surface area contributed by atoms with Crippen LogP contribution in [0.3, 0.4) is 0 Å². The van der Waals surface area contributed by atoms with Gasteiger partial charge in [-0.1, -0.05) is 0 Å². The number of carbonyl (C=O) groups is 1. The SMILES string of the molecule is CO[C@@H]1OC[C@@H](OC(=O)C(C)(C)C)[C@H](O)[C@H]1O. The van der Waals surface area contributed by atoms with Gasteiger partial charge in [-0.3, -0.25) is 4.79 Å². The molecule has 0 bridgehead atoms. The molecule has 0 aromatic rings. The van der Waals surface area contributed by atoms with Crippen LogP contribution in [0, 0.1) is 5.41 Å². The van der Waals surface area contributed by atoms with Crippen molar-refractivity contribution in [3.63, 3.8) is 0 Å². The molecule has 4 atom stereocenters. The first kappa shape index (κ1) is 14.4. The Morgan fingerprint density at radius 2 is 1.88 bits per heavy atom. The second-order valence-electron chi connectivity index (χ2n) is 5.11. The summed E-state index contributed by atoms with van der Waals surface area (Å²) < 4.78 is 15.0. The van der Waals surface area contributed by atoms with Crippen LogP contribution in [-0.4, -0.2) is 54.5 Å². The third-order valence-electron chi connectivity index (χ3n) is 2.54. The van der Waals surface area contributed by atoms with Crippen molar-refractivity contribution >= 4 is 5.97 Å². The highest BCUT2D eigenvalue weighted by Crippen LogP contribution is 2.22. The van der Waals surface area contributed by atoms with Crippen LogP contribution in [0.25, 0.3) is 0 Å². The number of aliphatic hydroxyl groups excluding tert-OH is 2. The zero-order valence-electron chi connectivity index (χ0n) is 10.5. The van der Waals surface area contributed by atoms with Crippen molar-refractivity contribution in [1.29, 1.82) is 0 Å². The first-order valence-corrected chi connectivity index (χ1v) is 5.49. The number of ether oxygens (including phenoxy) is 3. The molecule has 17 heavy (non-hydrogen) atoms. The molecule has 1 heterocycles. The van der Waals surface area contributed by atoms with Crippen LogP contribution in [0.5, 0.6) is 0 Å². The molecule has 1 aliphatic rings. The molecule has 6 heteroatoms. The molecule has 0 aliphatic carbocycles. The van der Waals surface area contributed by atoms with Crippen LogP contribution in [0.4, 0.5) is 0 Å². The lowest BCUT2D eigenvalue weighted by Crippen LogP contribution is -2.55. The zero-order valence-corrected chi connectivity index (χ0v) is 10.5. The van der Waals surface area contributed by atoms with Gasteiger partial charge in [0.1, 0.15) is 12.2 Å². The van der Waals surface area contributed by atoms with Crippen LogP contribution in [0.15, 0.2) is 0 Å². The van der Waals surface area contributed by atoms with Gasteiger partial charge in [0.2, 0.25) is 0 Å². The van der Waals surface area contributed by atoms with Crippen molar-refractivity contribution < 1.29 is 29.2 Å². The fourth-order valence-electron chi connectivity index (χ4n) is 1.39. The van der Waals surface area contributed by atoms with Gasteiger partial charge in [0, 0.05) is 7.11 Å². The highest BCUT2D eigenvalue weighted by molar-refractivity contribution is 5.75. The Kier molecular flexibility index (Phi) is 4.48. The first-order chi connectivity index (χ1) is 7.77. The molecular formula is C11H20O6. The van der Waals surface area contributed by atoms with Crippen LogP contribution in [-0.2, 0) is 19.0 Å². The van der Waals surface area contributed by atoms with Crippen LogP contribution < -0.4 is 0 Å². The van der Waals surface area contributed by atoms with E-state index in [-0.39, 0.29) is 6.61 Å². The maximum absolute atomic E-state index is 11.6. The Hall–Kier alpha value is -0.690. The third-order valence-corrected chi connectivity index (χ3v) is 2.54. The summed E-state index contributed by atoms with van der Waals surface area (Å²) in [6.45, 7) is 5.12. The summed E-state index contributed by atoms with van der Waals surface area (Å²) >= 11 is 0. The fourth-order valence-corrected chi connectivity index (χ4v) is 1.39. The summed E-state index contributed by atoms with van der Waals surface area (Å²) in [5.74, 6) is -0.451. The Balaban J connectivity index is 2.60. The van der Waals surface area contributed by atoms with E-state index in [9.17, 15) is 15.0 Å². The molecular weight excluding hydrogens is 228 g/mol. The van der Waals surface area contributed by atoms with Gasteiger partial charge >= 0.3 is 5.97 Å². The molecule has 1 saturated heterocycles. The van der Waals surface area contributed by atoms with Gasteiger partial charge in [-0.25, -0.2) is 0 Å². The minimum absolute atomic E-state index is 0.00144. The van der Waals surface area contributed by atoms with E-state index in [1.807, 2.05) is 0 Å². The molecule has 6 nitrogen and oxygen atoms in total. The van der Waals surface area contributed by atoms with E-state index in [0.29, 0.717) is 0 Å². The minimum Gasteiger partial charge on any atom is -0.457 e. The fraction of sp³-hybridized carbons (Fsp3) is 0.909. The average molecular weight is 248 g/mol. The van der Waals surface area contributed by atoms with Crippen LogP contribution in [0.1, 0.15) is 20.8 Å². The Bertz CT molecular complexity index is 272. The lowest BCUT2D eigenvalue weighted by molar-refractivity contribution is -0.267. The van der Waals surface area contributed by atoms with Crippen molar-refractivity contribution in [1.82, 2.24) is 0 Å². The molecule has 0 saturated carbocycles. The quantitative estimate of drug-likeness (QED) is 0.651. The maximum Gasteiger partial charge on any atom is 0.311 e. The van der Waals surface area contributed by atoms with Gasteiger partial charge in [0.25, 0.3) is 0 Å². The lowest BCUT2D eigenvalue weighted by atomic mass is 9.97. The highest BCUT2D eigenvalue weighted by atomic mass is 16.7. The molecule has 1 aliphatic heterocycles. The molecule has 0 unspecified atom stereocenters. The van der Waals surface area contributed by atoms with E-state index in [4.69, 9.17) is 14.2 Å². The minimum atomic E-state index is -1.23. The summed E-state index contributed by atoms with van der Waals surface area (Å²) in [5.41, 5.74) is -0.664. The number of hydrogen-bond acceptors (Lipinski definition) is 6. The largest absolute Gasteiger partial charge is 0.457 e. The molecule has 100 valence electrons. The van der Waals surface area contributed by atoms with E-state index < -0.39 is 36.0 Å². The average Bonchev–Trinajstić information content (AvgIpc) is 2.23. The summed E-state index contributed by atoms with van der Waals surface area (Å²) in [6, 6.07) is 0. The second-order valence-corrected chi connectivity index (χ2v) is 5.11. The number of hydrogen-bond donors (Lipinski definition) is 2. The maximum atomic E-state index is 11.6. The van der Waals surface area contributed by atoms with Crippen molar-refractivity contribution in [2.75, 3.05) is 13.7 Å². The van der Waals surface area contributed by atoms with Gasteiger partial charge in [0.15, 0.2) is 12.4 Å². The predicted octanol–water partition coefficient (Wildman–Crippen LogP) is -0.331. The summed E-state index contributed by atoms with van der Waals surface area (Å²) in [4.78, 5) is 11.6. The standard InChI is InChI=1S/C11H20O6/c1-11(2,3)10(14)17-6-5-16-9(15-4)8(13)7(6)12/h6-9,12-13H,5H2,1-4H3/t6-,7+,8-,9-/m1/s1. The summed E-state index contributed by atoms with van der Waals surface area (Å²) in [5, 5.41) is 19.4. The van der Waals surface area contributed by atoms with E-state index >= 15 is 0 Å². The number of rotatable bonds is 2. The van der Waals surface area contributed by atoms with Gasteiger partial charge < -0.3 is 24.4 Å². The monoisotopic (exact) mass is 248 g/mol. The second kappa shape index (κ2) is 5.30. The number of methoxy groups -OCH3 is 1. The molecule has 0 amide bonds. The molecule has 2 N–H and O–H groups in total. The van der Waals surface area contributed by atoms with Crippen LogP contribution in [0.2, 0.25) is 0 Å². The number of esters is 1. The number of aliphatic hydroxyl groups is 2. The summed E-state index contributed by atoms with van der Waals surface area (Å²) in [7, 11) is 1.36. The van der Waals surface area contributed by atoms with E-state index in [0.717, 1.165) is 0 Å². The van der Waals surface area contributed by atoms with Gasteiger partial charge in [-0.05, 0) is 20.8 Å². The normalized spacial score (nSPS) is 34.5. The van der Waals surface area contributed by atoms with Crippen molar-refractivity contribution in [2.24, 2.45) is 5.41 Å². The molecule has 0 radical (unpaired) electrons. The predicted molar refractivity (Wildman–Crippen MR) is 58.1 cm³/mol. The highest BCUT2D eigenvalue weighted by Gasteiger charge is 2.41. The summed E-state index contributed by atoms with van der Waals surface area (Å²) in [6.07, 6.45) is -4.20. The third kappa shape index (κ3) is 3.38. The molecule has 0 aromatic heterocycles. The molecule has 0 spiro atoms. The molecule has 1 fully saturated rings. The Labute approximate surface area is 100 Å². The van der Waals surface area contributed by atoms with Gasteiger partial charge in [0.05, 0.1) is 12.0 Å². The lowest BCUT2D eigenvalue weighted by Gasteiger charge is -2.36.